The molecule has 0 amide bonds. The van der Waals surface area contributed by atoms with Crippen LogP contribution in [0.5, 0.6) is 5.75 Å². The molecule has 1 aliphatic heterocycles. The van der Waals surface area contributed by atoms with E-state index in [2.05, 4.69) is 53.5 Å². The molecule has 1 N–H and O–H groups in total. The third-order valence-electron chi connectivity index (χ3n) is 6.58. The summed E-state index contributed by atoms with van der Waals surface area (Å²) in [7, 11) is 1.74. The first-order valence-corrected chi connectivity index (χ1v) is 10.5. The van der Waals surface area contributed by atoms with Crippen LogP contribution in [0.3, 0.4) is 0 Å². The van der Waals surface area contributed by atoms with Crippen molar-refractivity contribution in [3.63, 3.8) is 0 Å². The van der Waals surface area contributed by atoms with Crippen molar-refractivity contribution in [1.29, 1.82) is 0 Å². The Morgan fingerprint density at radius 2 is 1.86 bits per heavy atom. The Bertz CT molecular complexity index is 803. The Kier molecular flexibility index (Phi) is 5.84. The van der Waals surface area contributed by atoms with Crippen LogP contribution in [-0.4, -0.2) is 35.8 Å². The van der Waals surface area contributed by atoms with Crippen molar-refractivity contribution < 1.29 is 9.84 Å². The fraction of sp³-hybridized carbons (Fsp3) is 0.440. The number of hydrogen-bond acceptors (Lipinski definition) is 3. The molecule has 0 bridgehead atoms. The van der Waals surface area contributed by atoms with Gasteiger partial charge in [-0.2, -0.15) is 0 Å². The predicted molar refractivity (Wildman–Crippen MR) is 114 cm³/mol. The molecule has 1 saturated carbocycles. The zero-order valence-electron chi connectivity index (χ0n) is 16.8. The smallest absolute Gasteiger partial charge is 0.123 e. The number of aliphatic hydroxyl groups is 1. The molecule has 0 spiro atoms. The molecular weight excluding hydrogens is 346 g/mol. The highest BCUT2D eigenvalue weighted by Gasteiger charge is 2.49. The molecule has 3 atom stereocenters. The maximum absolute atomic E-state index is 11.4. The van der Waals surface area contributed by atoms with Gasteiger partial charge in [-0.05, 0) is 30.9 Å². The van der Waals surface area contributed by atoms with Crippen LogP contribution >= 0.6 is 0 Å². The molecule has 2 aromatic rings. The molecule has 2 fully saturated rings. The SMILES string of the molecule is COc1ccccc1C1C2CCCCC2(O)CCN1C/C=C/c1ccccc1. The lowest BCUT2D eigenvalue weighted by atomic mass is 9.66. The number of hydrogen-bond donors (Lipinski definition) is 1. The molecule has 1 aliphatic carbocycles. The van der Waals surface area contributed by atoms with Crippen molar-refractivity contribution >= 4 is 6.08 Å². The second-order valence-corrected chi connectivity index (χ2v) is 8.20. The van der Waals surface area contributed by atoms with Gasteiger partial charge in [-0.25, -0.2) is 0 Å². The van der Waals surface area contributed by atoms with Gasteiger partial charge in [-0.1, -0.05) is 73.5 Å². The number of nitrogens with zero attached hydrogens (tertiary/aromatic N) is 1. The number of ether oxygens (including phenoxy) is 1. The number of rotatable bonds is 5. The normalized spacial score (nSPS) is 28.2. The van der Waals surface area contributed by atoms with Gasteiger partial charge in [0.05, 0.1) is 12.7 Å². The molecule has 0 aromatic heterocycles. The van der Waals surface area contributed by atoms with E-state index < -0.39 is 5.60 Å². The van der Waals surface area contributed by atoms with Crippen LogP contribution in [0.2, 0.25) is 0 Å². The first-order chi connectivity index (χ1) is 13.7. The van der Waals surface area contributed by atoms with E-state index in [0.29, 0.717) is 0 Å². The monoisotopic (exact) mass is 377 g/mol. The van der Waals surface area contributed by atoms with E-state index in [1.807, 2.05) is 18.2 Å². The zero-order valence-corrected chi connectivity index (χ0v) is 16.8. The molecule has 0 radical (unpaired) electrons. The summed E-state index contributed by atoms with van der Waals surface area (Å²) >= 11 is 0. The van der Waals surface area contributed by atoms with Gasteiger partial charge in [0.25, 0.3) is 0 Å². The van der Waals surface area contributed by atoms with E-state index in [4.69, 9.17) is 4.74 Å². The molecule has 3 nitrogen and oxygen atoms in total. The minimum atomic E-state index is -0.538. The topological polar surface area (TPSA) is 32.7 Å². The minimum absolute atomic E-state index is 0.190. The molecule has 28 heavy (non-hydrogen) atoms. The first-order valence-electron chi connectivity index (χ1n) is 10.5. The van der Waals surface area contributed by atoms with Crippen LogP contribution < -0.4 is 4.74 Å². The average Bonchev–Trinajstić information content (AvgIpc) is 2.74. The van der Waals surface area contributed by atoms with E-state index in [9.17, 15) is 5.11 Å². The summed E-state index contributed by atoms with van der Waals surface area (Å²) in [6.45, 7) is 1.79. The molecule has 4 rings (SSSR count). The predicted octanol–water partition coefficient (Wildman–Crippen LogP) is 5.08. The average molecular weight is 378 g/mol. The van der Waals surface area contributed by atoms with Crippen LogP contribution in [0, 0.1) is 5.92 Å². The summed E-state index contributed by atoms with van der Waals surface area (Å²) in [6, 6.07) is 19.0. The number of piperidine rings is 1. The number of methoxy groups -OCH3 is 1. The zero-order chi connectivity index (χ0) is 19.4. The Morgan fingerprint density at radius 1 is 1.07 bits per heavy atom. The summed E-state index contributed by atoms with van der Waals surface area (Å²) in [5, 5.41) is 11.4. The lowest BCUT2D eigenvalue weighted by Gasteiger charge is -2.52. The van der Waals surface area contributed by atoms with Crippen LogP contribution in [0.4, 0.5) is 0 Å². The van der Waals surface area contributed by atoms with Gasteiger partial charge in [-0.3, -0.25) is 4.90 Å². The molecule has 1 heterocycles. The van der Waals surface area contributed by atoms with Crippen molar-refractivity contribution in [3.05, 3.63) is 71.8 Å². The van der Waals surface area contributed by atoms with Crippen LogP contribution in [0.25, 0.3) is 6.08 Å². The Morgan fingerprint density at radius 3 is 2.68 bits per heavy atom. The van der Waals surface area contributed by atoms with Crippen molar-refractivity contribution in [3.8, 4) is 5.75 Å². The highest BCUT2D eigenvalue weighted by atomic mass is 16.5. The van der Waals surface area contributed by atoms with Gasteiger partial charge in [0.1, 0.15) is 5.75 Å². The highest BCUT2D eigenvalue weighted by Crippen LogP contribution is 2.50. The van der Waals surface area contributed by atoms with E-state index in [0.717, 1.165) is 44.5 Å². The van der Waals surface area contributed by atoms with Gasteiger partial charge in [0, 0.05) is 30.6 Å². The van der Waals surface area contributed by atoms with Gasteiger partial charge in [0.15, 0.2) is 0 Å². The molecule has 2 aromatic carbocycles. The second-order valence-electron chi connectivity index (χ2n) is 8.20. The number of fused-ring (bicyclic) bond motifs is 1. The Balaban J connectivity index is 1.63. The Labute approximate surface area is 168 Å². The minimum Gasteiger partial charge on any atom is -0.496 e. The highest BCUT2D eigenvalue weighted by molar-refractivity contribution is 5.49. The standard InChI is InChI=1S/C25H31NO2/c1-28-23-15-6-5-13-21(23)24-22-14-7-8-16-25(22,27)17-19-26(24)18-9-12-20-10-3-2-4-11-20/h2-6,9-13,15,22,24,27H,7-8,14,16-19H2,1H3/b12-9+. The van der Waals surface area contributed by atoms with E-state index in [1.165, 1.54) is 17.5 Å². The van der Waals surface area contributed by atoms with Crippen LogP contribution in [0.1, 0.15) is 49.3 Å². The molecule has 3 heteroatoms. The molecule has 1 saturated heterocycles. The molecule has 148 valence electrons. The van der Waals surface area contributed by atoms with E-state index >= 15 is 0 Å². The van der Waals surface area contributed by atoms with Crippen LogP contribution in [0.15, 0.2) is 60.7 Å². The summed E-state index contributed by atoms with van der Waals surface area (Å²) in [4.78, 5) is 2.53. The maximum Gasteiger partial charge on any atom is 0.123 e. The fourth-order valence-electron chi connectivity index (χ4n) is 5.16. The van der Waals surface area contributed by atoms with Gasteiger partial charge in [-0.15, -0.1) is 0 Å². The summed E-state index contributed by atoms with van der Waals surface area (Å²) < 4.78 is 5.71. The van der Waals surface area contributed by atoms with Crippen molar-refractivity contribution in [2.45, 2.75) is 43.7 Å². The summed E-state index contributed by atoms with van der Waals surface area (Å²) in [6.07, 6.45) is 9.66. The second kappa shape index (κ2) is 8.50. The largest absolute Gasteiger partial charge is 0.496 e. The van der Waals surface area contributed by atoms with Crippen molar-refractivity contribution in [1.82, 2.24) is 4.90 Å². The Hall–Kier alpha value is -2.10. The number of benzene rings is 2. The van der Waals surface area contributed by atoms with E-state index in [-0.39, 0.29) is 12.0 Å². The van der Waals surface area contributed by atoms with Crippen molar-refractivity contribution in [2.24, 2.45) is 5.92 Å². The lowest BCUT2D eigenvalue weighted by Crippen LogP contribution is -2.54. The lowest BCUT2D eigenvalue weighted by molar-refractivity contribution is -0.122. The maximum atomic E-state index is 11.4. The number of para-hydroxylation sites is 1. The van der Waals surface area contributed by atoms with Crippen molar-refractivity contribution in [2.75, 3.05) is 20.2 Å². The van der Waals surface area contributed by atoms with Gasteiger partial charge in [0.2, 0.25) is 0 Å². The molecule has 3 unspecified atom stereocenters. The fourth-order valence-corrected chi connectivity index (χ4v) is 5.16. The van der Waals surface area contributed by atoms with Gasteiger partial charge < -0.3 is 9.84 Å². The third-order valence-corrected chi connectivity index (χ3v) is 6.58. The third kappa shape index (κ3) is 3.87. The summed E-state index contributed by atoms with van der Waals surface area (Å²) in [5.74, 6) is 1.19. The summed E-state index contributed by atoms with van der Waals surface area (Å²) in [5.41, 5.74) is 1.90. The first kappa shape index (κ1) is 19.2. The van der Waals surface area contributed by atoms with Gasteiger partial charge >= 0.3 is 0 Å². The molecular formula is C25H31NO2. The number of likely N-dealkylation sites (tertiary alicyclic amines) is 1. The van der Waals surface area contributed by atoms with Crippen LogP contribution in [-0.2, 0) is 0 Å². The quantitative estimate of drug-likeness (QED) is 0.789. The van der Waals surface area contributed by atoms with E-state index in [1.54, 1.807) is 7.11 Å². The molecule has 2 aliphatic rings.